The van der Waals surface area contributed by atoms with Gasteiger partial charge in [0.2, 0.25) is 0 Å². The summed E-state index contributed by atoms with van der Waals surface area (Å²) in [5.41, 5.74) is 1.27. The summed E-state index contributed by atoms with van der Waals surface area (Å²) in [7, 11) is 0. The SMILES string of the molecule is C.C1=COc2ccccc2C1.[Mo].[V]. The molecule has 0 spiro atoms. The van der Waals surface area contributed by atoms with Gasteiger partial charge >= 0.3 is 0 Å². The third-order valence-corrected chi connectivity index (χ3v) is 1.60. The number of rotatable bonds is 0. The summed E-state index contributed by atoms with van der Waals surface area (Å²) < 4.78 is 5.24. The Morgan fingerprint density at radius 1 is 1.15 bits per heavy atom. The van der Waals surface area contributed by atoms with E-state index in [1.165, 1.54) is 5.56 Å². The van der Waals surface area contributed by atoms with Crippen LogP contribution in [0.5, 0.6) is 5.75 Å². The molecule has 0 aromatic heterocycles. The van der Waals surface area contributed by atoms with Gasteiger partial charge in [-0.05, 0) is 24.1 Å². The predicted octanol–water partition coefficient (Wildman–Crippen LogP) is 2.77. The first-order valence-electron chi connectivity index (χ1n) is 3.36. The molecular formula is C10H12MoOV. The Kier molecular flexibility index (Phi) is 8.87. The van der Waals surface area contributed by atoms with E-state index in [4.69, 9.17) is 4.74 Å². The molecule has 1 aromatic carbocycles. The fraction of sp³-hybridized carbons (Fsp3) is 0.200. The van der Waals surface area contributed by atoms with Crippen molar-refractivity contribution in [2.24, 2.45) is 0 Å². The van der Waals surface area contributed by atoms with E-state index in [2.05, 4.69) is 6.07 Å². The molecule has 0 N–H and O–H groups in total. The Hall–Kier alpha value is 0.0327. The summed E-state index contributed by atoms with van der Waals surface area (Å²) >= 11 is 0. The van der Waals surface area contributed by atoms with Gasteiger partial charge in [0.1, 0.15) is 5.75 Å². The molecule has 2 rings (SSSR count). The smallest absolute Gasteiger partial charge is 0.130 e. The Morgan fingerprint density at radius 2 is 1.85 bits per heavy atom. The number of benzene rings is 1. The molecule has 1 radical (unpaired) electrons. The summed E-state index contributed by atoms with van der Waals surface area (Å²) in [6.45, 7) is 0. The van der Waals surface area contributed by atoms with Crippen LogP contribution in [0.4, 0.5) is 0 Å². The fourth-order valence-electron chi connectivity index (χ4n) is 1.08. The van der Waals surface area contributed by atoms with Crippen LogP contribution in [0.3, 0.4) is 0 Å². The van der Waals surface area contributed by atoms with Gasteiger partial charge in [0.15, 0.2) is 0 Å². The first-order chi connectivity index (χ1) is 4.97. The maximum absolute atomic E-state index is 5.24. The maximum Gasteiger partial charge on any atom is 0.130 e. The van der Waals surface area contributed by atoms with E-state index >= 15 is 0 Å². The normalized spacial score (nSPS) is 10.8. The third kappa shape index (κ3) is 3.72. The van der Waals surface area contributed by atoms with Gasteiger partial charge in [0.05, 0.1) is 6.26 Å². The summed E-state index contributed by atoms with van der Waals surface area (Å²) in [6.07, 6.45) is 4.75. The van der Waals surface area contributed by atoms with E-state index < -0.39 is 0 Å². The largest absolute Gasteiger partial charge is 0.465 e. The minimum Gasteiger partial charge on any atom is -0.465 e. The molecular weight excluding hydrogens is 283 g/mol. The molecule has 1 aliphatic heterocycles. The van der Waals surface area contributed by atoms with E-state index in [0.29, 0.717) is 0 Å². The van der Waals surface area contributed by atoms with Crippen molar-refractivity contribution in [2.75, 3.05) is 0 Å². The van der Waals surface area contributed by atoms with E-state index in [1.54, 1.807) is 6.26 Å². The Morgan fingerprint density at radius 3 is 2.54 bits per heavy atom. The second-order valence-corrected chi connectivity index (χ2v) is 2.30. The van der Waals surface area contributed by atoms with Gasteiger partial charge in [-0.1, -0.05) is 25.6 Å². The van der Waals surface area contributed by atoms with Crippen LogP contribution in [0.2, 0.25) is 0 Å². The zero-order valence-electron chi connectivity index (χ0n) is 6.43. The van der Waals surface area contributed by atoms with Crippen molar-refractivity contribution in [3.05, 3.63) is 42.2 Å². The van der Waals surface area contributed by atoms with Crippen LogP contribution in [0.25, 0.3) is 0 Å². The molecule has 0 atom stereocenters. The van der Waals surface area contributed by atoms with Crippen LogP contribution in [-0.2, 0) is 46.0 Å². The van der Waals surface area contributed by atoms with Crippen LogP contribution in [0, 0.1) is 0 Å². The van der Waals surface area contributed by atoms with E-state index in [1.807, 2.05) is 24.3 Å². The zero-order chi connectivity index (χ0) is 6.81. The third-order valence-electron chi connectivity index (χ3n) is 1.60. The molecule has 1 aliphatic rings. The van der Waals surface area contributed by atoms with Gasteiger partial charge in [0, 0.05) is 39.6 Å². The fourth-order valence-corrected chi connectivity index (χ4v) is 1.08. The Balaban J connectivity index is 0. The van der Waals surface area contributed by atoms with Crippen LogP contribution in [0.1, 0.15) is 13.0 Å². The van der Waals surface area contributed by atoms with E-state index in [0.717, 1.165) is 12.2 Å². The molecule has 3 heteroatoms. The molecule has 0 unspecified atom stereocenters. The van der Waals surface area contributed by atoms with Gasteiger partial charge in [-0.15, -0.1) is 0 Å². The second-order valence-electron chi connectivity index (χ2n) is 2.30. The molecule has 1 aromatic rings. The van der Waals surface area contributed by atoms with E-state index in [9.17, 15) is 0 Å². The minimum atomic E-state index is 0. The number of ether oxygens (including phenoxy) is 1. The molecule has 0 saturated heterocycles. The number of hydrogen-bond donors (Lipinski definition) is 0. The molecule has 0 fully saturated rings. The number of fused-ring (bicyclic) bond motifs is 1. The standard InChI is InChI=1S/C9H8O.CH4.Mo.V/c1-2-6-9-8(4-1)5-3-7-10-9;;;/h1-4,6-7H,5H2;1H4;;. The molecule has 13 heavy (non-hydrogen) atoms. The van der Waals surface area contributed by atoms with Gasteiger partial charge < -0.3 is 4.74 Å². The molecule has 0 saturated carbocycles. The quantitative estimate of drug-likeness (QED) is 0.669. The van der Waals surface area contributed by atoms with Crippen molar-refractivity contribution < 1.29 is 44.4 Å². The van der Waals surface area contributed by atoms with Crippen molar-refractivity contribution in [1.29, 1.82) is 0 Å². The molecule has 1 nitrogen and oxygen atoms in total. The van der Waals surface area contributed by atoms with Gasteiger partial charge in [-0.3, -0.25) is 0 Å². The van der Waals surface area contributed by atoms with Crippen molar-refractivity contribution in [2.45, 2.75) is 13.8 Å². The second kappa shape index (κ2) is 7.44. The average molecular weight is 295 g/mol. The van der Waals surface area contributed by atoms with E-state index in [-0.39, 0.29) is 47.0 Å². The van der Waals surface area contributed by atoms with Crippen molar-refractivity contribution in [3.8, 4) is 5.75 Å². The average Bonchev–Trinajstić information content (AvgIpc) is 2.05. The Labute approximate surface area is 106 Å². The van der Waals surface area contributed by atoms with Crippen LogP contribution >= 0.6 is 0 Å². The van der Waals surface area contributed by atoms with Gasteiger partial charge in [-0.25, -0.2) is 0 Å². The minimum absolute atomic E-state index is 0. The molecule has 1 heterocycles. The van der Waals surface area contributed by atoms with Crippen LogP contribution in [-0.4, -0.2) is 0 Å². The predicted molar refractivity (Wildman–Crippen MR) is 46.6 cm³/mol. The zero-order valence-corrected chi connectivity index (χ0v) is 9.84. The van der Waals surface area contributed by atoms with Crippen LogP contribution in [0.15, 0.2) is 36.6 Å². The Bertz CT molecular complexity index is 246. The molecule has 0 bridgehead atoms. The summed E-state index contributed by atoms with van der Waals surface area (Å²) in [5, 5.41) is 0. The summed E-state index contributed by atoms with van der Waals surface area (Å²) in [6, 6.07) is 8.08. The van der Waals surface area contributed by atoms with Gasteiger partial charge in [-0.2, -0.15) is 0 Å². The number of hydrogen-bond acceptors (Lipinski definition) is 1. The molecule has 0 aliphatic carbocycles. The van der Waals surface area contributed by atoms with Gasteiger partial charge in [0.25, 0.3) is 0 Å². The monoisotopic (exact) mass is 297 g/mol. The first kappa shape index (κ1) is 15.5. The van der Waals surface area contributed by atoms with Crippen molar-refractivity contribution >= 4 is 0 Å². The number of para-hydroxylation sites is 1. The molecule has 0 amide bonds. The first-order valence-corrected chi connectivity index (χ1v) is 3.36. The molecule has 69 valence electrons. The van der Waals surface area contributed by atoms with Crippen molar-refractivity contribution in [1.82, 2.24) is 0 Å². The maximum atomic E-state index is 5.24. The van der Waals surface area contributed by atoms with Crippen LogP contribution < -0.4 is 4.74 Å². The number of allylic oxidation sites excluding steroid dienone is 1. The summed E-state index contributed by atoms with van der Waals surface area (Å²) in [4.78, 5) is 0. The van der Waals surface area contributed by atoms with Crippen molar-refractivity contribution in [3.63, 3.8) is 0 Å². The summed E-state index contributed by atoms with van der Waals surface area (Å²) in [5.74, 6) is 0.991. The topological polar surface area (TPSA) is 9.23 Å².